The molecule has 5 heteroatoms. The molecule has 2 aromatic carbocycles. The first kappa shape index (κ1) is 21.2. The van der Waals surface area contributed by atoms with E-state index in [1.807, 2.05) is 18.2 Å². The van der Waals surface area contributed by atoms with Gasteiger partial charge in [-0.05, 0) is 48.2 Å². The van der Waals surface area contributed by atoms with Gasteiger partial charge in [0.2, 0.25) is 0 Å². The SMILES string of the molecule is CCCCCC(/C=N/NC(=O)COc1ccc(OC)cc1)=C\c1ccccc1. The van der Waals surface area contributed by atoms with Gasteiger partial charge >= 0.3 is 0 Å². The number of hydrogen-bond donors (Lipinski definition) is 1. The van der Waals surface area contributed by atoms with E-state index in [4.69, 9.17) is 9.47 Å². The molecule has 1 amide bonds. The fourth-order valence-corrected chi connectivity index (χ4v) is 2.56. The van der Waals surface area contributed by atoms with Crippen molar-refractivity contribution >= 4 is 18.2 Å². The Bertz CT molecular complexity index is 768. The van der Waals surface area contributed by atoms with Crippen LogP contribution in [-0.2, 0) is 4.79 Å². The van der Waals surface area contributed by atoms with E-state index in [-0.39, 0.29) is 12.5 Å². The number of allylic oxidation sites excluding steroid dienone is 1. The Balaban J connectivity index is 1.86. The number of nitrogens with zero attached hydrogens (tertiary/aromatic N) is 1. The van der Waals surface area contributed by atoms with E-state index >= 15 is 0 Å². The number of unbranched alkanes of at least 4 members (excludes halogenated alkanes) is 2. The van der Waals surface area contributed by atoms with Crippen molar-refractivity contribution in [1.29, 1.82) is 0 Å². The van der Waals surface area contributed by atoms with Crippen molar-refractivity contribution in [2.24, 2.45) is 5.10 Å². The van der Waals surface area contributed by atoms with Gasteiger partial charge in [0.1, 0.15) is 11.5 Å². The zero-order valence-electron chi connectivity index (χ0n) is 16.6. The highest BCUT2D eigenvalue weighted by atomic mass is 16.5. The van der Waals surface area contributed by atoms with E-state index in [1.54, 1.807) is 37.6 Å². The molecule has 0 bridgehead atoms. The second-order valence-electron chi connectivity index (χ2n) is 6.34. The maximum Gasteiger partial charge on any atom is 0.277 e. The minimum atomic E-state index is -0.306. The number of benzene rings is 2. The van der Waals surface area contributed by atoms with Crippen LogP contribution >= 0.6 is 0 Å². The quantitative estimate of drug-likeness (QED) is 0.345. The van der Waals surface area contributed by atoms with E-state index in [0.29, 0.717) is 5.75 Å². The highest BCUT2D eigenvalue weighted by molar-refractivity contribution is 5.87. The van der Waals surface area contributed by atoms with Crippen molar-refractivity contribution in [3.8, 4) is 11.5 Å². The lowest BCUT2D eigenvalue weighted by Gasteiger charge is -2.06. The number of amides is 1. The highest BCUT2D eigenvalue weighted by Gasteiger charge is 2.02. The number of hydrogen-bond acceptors (Lipinski definition) is 4. The van der Waals surface area contributed by atoms with Gasteiger partial charge in [-0.3, -0.25) is 4.79 Å². The number of nitrogens with one attached hydrogen (secondary N) is 1. The average Bonchev–Trinajstić information content (AvgIpc) is 2.73. The zero-order valence-corrected chi connectivity index (χ0v) is 16.6. The van der Waals surface area contributed by atoms with Crippen molar-refractivity contribution in [2.45, 2.75) is 32.6 Å². The number of methoxy groups -OCH3 is 1. The first-order valence-corrected chi connectivity index (χ1v) is 9.55. The van der Waals surface area contributed by atoms with Crippen molar-refractivity contribution in [1.82, 2.24) is 5.43 Å². The van der Waals surface area contributed by atoms with Crippen LogP contribution in [0, 0.1) is 0 Å². The van der Waals surface area contributed by atoms with E-state index in [2.05, 4.69) is 35.7 Å². The third-order valence-corrected chi connectivity index (χ3v) is 4.07. The lowest BCUT2D eigenvalue weighted by atomic mass is 10.1. The predicted molar refractivity (Wildman–Crippen MR) is 114 cm³/mol. The fraction of sp³-hybridized carbons (Fsp3) is 0.304. The summed E-state index contributed by atoms with van der Waals surface area (Å²) in [5.41, 5.74) is 4.72. The fourth-order valence-electron chi connectivity index (χ4n) is 2.56. The lowest BCUT2D eigenvalue weighted by molar-refractivity contribution is -0.123. The summed E-state index contributed by atoms with van der Waals surface area (Å²) >= 11 is 0. The predicted octanol–water partition coefficient (Wildman–Crippen LogP) is 4.84. The summed E-state index contributed by atoms with van der Waals surface area (Å²) in [6.45, 7) is 2.08. The first-order chi connectivity index (χ1) is 13.7. The van der Waals surface area contributed by atoms with Gasteiger partial charge in [-0.25, -0.2) is 5.43 Å². The Morgan fingerprint density at radius 1 is 1.04 bits per heavy atom. The molecule has 0 saturated heterocycles. The molecule has 0 radical (unpaired) electrons. The second-order valence-corrected chi connectivity index (χ2v) is 6.34. The molecular weight excluding hydrogens is 352 g/mol. The summed E-state index contributed by atoms with van der Waals surface area (Å²) < 4.78 is 10.5. The molecule has 0 unspecified atom stereocenters. The molecule has 0 saturated carbocycles. The largest absolute Gasteiger partial charge is 0.497 e. The van der Waals surface area contributed by atoms with Gasteiger partial charge in [-0.2, -0.15) is 5.10 Å². The Labute approximate surface area is 167 Å². The van der Waals surface area contributed by atoms with Crippen LogP contribution in [0.3, 0.4) is 0 Å². The topological polar surface area (TPSA) is 59.9 Å². The van der Waals surface area contributed by atoms with Crippen LogP contribution in [0.15, 0.2) is 65.3 Å². The molecule has 0 aromatic heterocycles. The van der Waals surface area contributed by atoms with Crippen LogP contribution in [0.5, 0.6) is 11.5 Å². The lowest BCUT2D eigenvalue weighted by Crippen LogP contribution is -2.24. The molecule has 0 aliphatic rings. The third-order valence-electron chi connectivity index (χ3n) is 4.07. The molecule has 2 aromatic rings. The van der Waals surface area contributed by atoms with Gasteiger partial charge in [-0.15, -0.1) is 0 Å². The Morgan fingerprint density at radius 3 is 2.43 bits per heavy atom. The van der Waals surface area contributed by atoms with Crippen LogP contribution in [0.25, 0.3) is 6.08 Å². The van der Waals surface area contributed by atoms with Crippen LogP contribution in [0.4, 0.5) is 0 Å². The molecule has 0 aliphatic heterocycles. The van der Waals surface area contributed by atoms with Crippen molar-refractivity contribution < 1.29 is 14.3 Å². The average molecular weight is 380 g/mol. The number of hydrazone groups is 1. The molecule has 0 fully saturated rings. The Hall–Kier alpha value is -3.08. The summed E-state index contributed by atoms with van der Waals surface area (Å²) in [6.07, 6.45) is 8.16. The monoisotopic (exact) mass is 380 g/mol. The van der Waals surface area contributed by atoms with Gasteiger partial charge in [0.15, 0.2) is 6.61 Å². The maximum absolute atomic E-state index is 11.9. The summed E-state index contributed by atoms with van der Waals surface area (Å²) in [5.74, 6) is 1.03. The number of rotatable bonds is 11. The van der Waals surface area contributed by atoms with Crippen LogP contribution in [-0.4, -0.2) is 25.8 Å². The van der Waals surface area contributed by atoms with Crippen LogP contribution in [0.2, 0.25) is 0 Å². The zero-order chi connectivity index (χ0) is 20.0. The summed E-state index contributed by atoms with van der Waals surface area (Å²) in [5, 5.41) is 4.09. The second kappa shape index (κ2) is 12.3. The third kappa shape index (κ3) is 8.08. The summed E-state index contributed by atoms with van der Waals surface area (Å²) in [4.78, 5) is 11.9. The number of carbonyl (C=O) groups is 1. The molecule has 0 atom stereocenters. The van der Waals surface area contributed by atoms with Crippen molar-refractivity contribution in [2.75, 3.05) is 13.7 Å². The van der Waals surface area contributed by atoms with E-state index in [0.717, 1.165) is 36.1 Å². The highest BCUT2D eigenvalue weighted by Crippen LogP contribution is 2.16. The minimum Gasteiger partial charge on any atom is -0.497 e. The van der Waals surface area contributed by atoms with E-state index in [1.165, 1.54) is 6.42 Å². The van der Waals surface area contributed by atoms with E-state index < -0.39 is 0 Å². The van der Waals surface area contributed by atoms with Crippen LogP contribution in [0.1, 0.15) is 38.2 Å². The van der Waals surface area contributed by atoms with Crippen molar-refractivity contribution in [3.63, 3.8) is 0 Å². The number of carbonyl (C=O) groups excluding carboxylic acids is 1. The maximum atomic E-state index is 11.9. The molecule has 2 rings (SSSR count). The molecule has 0 heterocycles. The van der Waals surface area contributed by atoms with Gasteiger partial charge in [0.25, 0.3) is 5.91 Å². The van der Waals surface area contributed by atoms with Gasteiger partial charge in [0, 0.05) is 0 Å². The molecule has 28 heavy (non-hydrogen) atoms. The van der Waals surface area contributed by atoms with E-state index in [9.17, 15) is 4.79 Å². The minimum absolute atomic E-state index is 0.1000. The van der Waals surface area contributed by atoms with Crippen molar-refractivity contribution in [3.05, 3.63) is 65.7 Å². The van der Waals surface area contributed by atoms with Gasteiger partial charge in [0.05, 0.1) is 13.3 Å². The summed E-state index contributed by atoms with van der Waals surface area (Å²) in [6, 6.07) is 17.2. The first-order valence-electron chi connectivity index (χ1n) is 9.55. The molecule has 5 nitrogen and oxygen atoms in total. The molecule has 0 spiro atoms. The smallest absolute Gasteiger partial charge is 0.277 e. The molecule has 148 valence electrons. The molecule has 0 aliphatic carbocycles. The normalized spacial score (nSPS) is 11.4. The Morgan fingerprint density at radius 2 is 1.75 bits per heavy atom. The van der Waals surface area contributed by atoms with Gasteiger partial charge in [-0.1, -0.05) is 56.2 Å². The van der Waals surface area contributed by atoms with Crippen LogP contribution < -0.4 is 14.9 Å². The standard InChI is InChI=1S/C23H28N2O3/c1-3-4-6-11-20(16-19-9-7-5-8-10-19)17-24-25-23(26)18-28-22-14-12-21(27-2)13-15-22/h5,7-10,12-17H,3-4,6,11,18H2,1-2H3,(H,25,26)/b20-16+,24-17+. The Kier molecular flexibility index (Phi) is 9.35. The molecular formula is C23H28N2O3. The number of ether oxygens (including phenoxy) is 2. The molecule has 1 N–H and O–H groups in total. The van der Waals surface area contributed by atoms with Gasteiger partial charge < -0.3 is 9.47 Å². The summed E-state index contributed by atoms with van der Waals surface area (Å²) in [7, 11) is 1.60.